The highest BCUT2D eigenvalue weighted by molar-refractivity contribution is 9.10. The number of carbonyl (C=O) groups is 1. The molecule has 0 fully saturated rings. The van der Waals surface area contributed by atoms with E-state index in [0.29, 0.717) is 5.71 Å². The molecule has 160 valence electrons. The first-order chi connectivity index (χ1) is 14.8. The Kier molecular flexibility index (Phi) is 7.20. The van der Waals surface area contributed by atoms with E-state index in [0.717, 1.165) is 21.8 Å². The van der Waals surface area contributed by atoms with Crippen molar-refractivity contribution in [2.75, 3.05) is 22.3 Å². The Hall–Kier alpha value is -3.45. The molecule has 0 atom stereocenters. The van der Waals surface area contributed by atoms with E-state index in [-0.39, 0.29) is 28.2 Å². The van der Waals surface area contributed by atoms with E-state index < -0.39 is 10.8 Å². The zero-order valence-electron chi connectivity index (χ0n) is 16.2. The average Bonchev–Trinajstić information content (AvgIpc) is 3.10. The zero-order chi connectivity index (χ0) is 22.4. The Balaban J connectivity index is 1.59. The minimum Gasteiger partial charge on any atom is -0.334 e. The number of nitro groups is 1. The number of para-hydroxylation sites is 2. The number of hydrazone groups is 1. The van der Waals surface area contributed by atoms with Gasteiger partial charge >= 0.3 is 0 Å². The van der Waals surface area contributed by atoms with Crippen molar-refractivity contribution in [1.29, 1.82) is 0 Å². The van der Waals surface area contributed by atoms with Crippen LogP contribution >= 0.6 is 27.7 Å². The quantitative estimate of drug-likeness (QED) is 0.139. The predicted molar refractivity (Wildman–Crippen MR) is 123 cm³/mol. The van der Waals surface area contributed by atoms with Crippen LogP contribution in [-0.2, 0) is 4.79 Å². The number of aromatic nitrogens is 3. The number of nitrogen functional groups attached to an aromatic ring is 1. The monoisotopic (exact) mass is 504 g/mol. The number of nitro benzene ring substituents is 1. The summed E-state index contributed by atoms with van der Waals surface area (Å²) < 4.78 is 2.13. The summed E-state index contributed by atoms with van der Waals surface area (Å²) in [4.78, 5) is 22.7. The van der Waals surface area contributed by atoms with Crippen LogP contribution in [0.5, 0.6) is 0 Å². The molecule has 11 nitrogen and oxygen atoms in total. The molecule has 0 saturated carbocycles. The Morgan fingerprint density at radius 3 is 2.68 bits per heavy atom. The second-order valence-electron chi connectivity index (χ2n) is 6.10. The molecule has 0 aliphatic carbocycles. The molecular formula is C18H17BrN8O3S. The van der Waals surface area contributed by atoms with Gasteiger partial charge in [-0.05, 0) is 30.7 Å². The van der Waals surface area contributed by atoms with E-state index in [1.165, 1.54) is 22.9 Å². The third kappa shape index (κ3) is 5.79. The molecule has 0 saturated heterocycles. The largest absolute Gasteiger partial charge is 0.334 e. The SMILES string of the molecule is C/C(=N\Nc1nnc(SCC(=O)Nc2ccccc2[N+](=O)[O-])n1N)c1ccc(Br)cc1. The first-order valence-electron chi connectivity index (χ1n) is 8.78. The first kappa shape index (κ1) is 22.2. The molecule has 2 aromatic carbocycles. The summed E-state index contributed by atoms with van der Waals surface area (Å²) in [6.07, 6.45) is 0. The van der Waals surface area contributed by atoms with Gasteiger partial charge in [0.15, 0.2) is 0 Å². The molecule has 1 amide bonds. The van der Waals surface area contributed by atoms with Crippen molar-refractivity contribution in [1.82, 2.24) is 14.9 Å². The lowest BCUT2D eigenvalue weighted by Crippen LogP contribution is -2.17. The van der Waals surface area contributed by atoms with Gasteiger partial charge in [-0.3, -0.25) is 14.9 Å². The number of carbonyl (C=O) groups excluding carboxylic acids is 1. The molecule has 31 heavy (non-hydrogen) atoms. The van der Waals surface area contributed by atoms with E-state index in [9.17, 15) is 14.9 Å². The summed E-state index contributed by atoms with van der Waals surface area (Å²) in [5.41, 5.74) is 4.31. The van der Waals surface area contributed by atoms with Crippen LogP contribution in [0.3, 0.4) is 0 Å². The third-order valence-electron chi connectivity index (χ3n) is 3.96. The fourth-order valence-corrected chi connectivity index (χ4v) is 3.32. The number of benzene rings is 2. The zero-order valence-corrected chi connectivity index (χ0v) is 18.6. The average molecular weight is 505 g/mol. The molecule has 3 aromatic rings. The van der Waals surface area contributed by atoms with Crippen molar-refractivity contribution >= 4 is 56.6 Å². The lowest BCUT2D eigenvalue weighted by atomic mass is 10.1. The van der Waals surface area contributed by atoms with Crippen LogP contribution in [0.1, 0.15) is 12.5 Å². The molecule has 1 heterocycles. The van der Waals surface area contributed by atoms with Gasteiger partial charge < -0.3 is 11.2 Å². The molecule has 0 bridgehead atoms. The minimum atomic E-state index is -0.562. The van der Waals surface area contributed by atoms with Gasteiger partial charge in [0.2, 0.25) is 11.1 Å². The maximum atomic E-state index is 12.2. The van der Waals surface area contributed by atoms with Crippen LogP contribution in [0.15, 0.2) is 63.3 Å². The van der Waals surface area contributed by atoms with Gasteiger partial charge in [-0.25, -0.2) is 10.1 Å². The van der Waals surface area contributed by atoms with E-state index in [1.807, 2.05) is 31.2 Å². The van der Waals surface area contributed by atoms with Crippen molar-refractivity contribution in [3.63, 3.8) is 0 Å². The van der Waals surface area contributed by atoms with E-state index in [1.54, 1.807) is 6.07 Å². The number of nitrogens with one attached hydrogen (secondary N) is 2. The third-order valence-corrected chi connectivity index (χ3v) is 5.43. The van der Waals surface area contributed by atoms with E-state index in [2.05, 4.69) is 42.0 Å². The molecule has 0 spiro atoms. The molecule has 1 aromatic heterocycles. The Bertz CT molecular complexity index is 1130. The Morgan fingerprint density at radius 2 is 1.97 bits per heavy atom. The van der Waals surface area contributed by atoms with Crippen molar-refractivity contribution in [3.8, 4) is 0 Å². The van der Waals surface area contributed by atoms with Gasteiger partial charge in [0, 0.05) is 10.5 Å². The lowest BCUT2D eigenvalue weighted by molar-refractivity contribution is -0.383. The molecule has 0 radical (unpaired) electrons. The number of amides is 1. The molecular weight excluding hydrogens is 488 g/mol. The molecule has 0 aliphatic rings. The Morgan fingerprint density at radius 1 is 1.26 bits per heavy atom. The lowest BCUT2D eigenvalue weighted by Gasteiger charge is -2.06. The predicted octanol–water partition coefficient (Wildman–Crippen LogP) is 3.23. The highest BCUT2D eigenvalue weighted by Crippen LogP contribution is 2.24. The number of thioether (sulfide) groups is 1. The highest BCUT2D eigenvalue weighted by Gasteiger charge is 2.16. The summed E-state index contributed by atoms with van der Waals surface area (Å²) in [5, 5.41) is 25.9. The maximum Gasteiger partial charge on any atom is 0.292 e. The van der Waals surface area contributed by atoms with Gasteiger partial charge in [0.25, 0.3) is 11.6 Å². The first-order valence-corrected chi connectivity index (χ1v) is 10.6. The number of hydrogen-bond acceptors (Lipinski definition) is 9. The number of rotatable bonds is 8. The summed E-state index contributed by atoms with van der Waals surface area (Å²) in [6.45, 7) is 1.83. The molecule has 4 N–H and O–H groups in total. The van der Waals surface area contributed by atoms with Crippen molar-refractivity contribution in [2.45, 2.75) is 12.1 Å². The second-order valence-corrected chi connectivity index (χ2v) is 7.96. The number of nitrogens with two attached hydrogens (primary N) is 1. The van der Waals surface area contributed by atoms with Gasteiger partial charge in [-0.2, -0.15) is 5.10 Å². The second kappa shape index (κ2) is 10.0. The van der Waals surface area contributed by atoms with E-state index >= 15 is 0 Å². The fourth-order valence-electron chi connectivity index (χ4n) is 2.40. The standard InChI is InChI=1S/C18H17BrN8O3S/c1-11(12-6-8-13(19)9-7-12)22-23-17-24-25-18(26(17)20)31-10-16(28)21-14-4-2-3-5-15(14)27(29)30/h2-9H,10,20H2,1H3,(H,21,28)(H,23,24)/b22-11+. The fraction of sp³-hybridized carbons (Fsp3) is 0.111. The van der Waals surface area contributed by atoms with Gasteiger partial charge in [0.1, 0.15) is 5.69 Å². The molecule has 3 rings (SSSR count). The minimum absolute atomic E-state index is 0.0669. The van der Waals surface area contributed by atoms with E-state index in [4.69, 9.17) is 5.84 Å². The van der Waals surface area contributed by atoms with Gasteiger partial charge in [-0.15, -0.1) is 10.2 Å². The normalized spacial score (nSPS) is 11.2. The number of anilines is 2. The summed E-state index contributed by atoms with van der Waals surface area (Å²) in [6, 6.07) is 13.5. The maximum absolute atomic E-state index is 12.2. The summed E-state index contributed by atoms with van der Waals surface area (Å²) >= 11 is 4.41. The smallest absolute Gasteiger partial charge is 0.292 e. The number of nitrogens with zero attached hydrogens (tertiary/aromatic N) is 5. The van der Waals surface area contributed by atoms with Crippen LogP contribution in [0.4, 0.5) is 17.3 Å². The topological polar surface area (TPSA) is 153 Å². The van der Waals surface area contributed by atoms with Crippen molar-refractivity contribution in [3.05, 3.63) is 68.7 Å². The molecule has 0 aliphatic heterocycles. The number of hydrogen-bond donors (Lipinski definition) is 3. The summed E-state index contributed by atoms with van der Waals surface area (Å²) in [5.74, 6) is 5.64. The van der Waals surface area contributed by atoms with Gasteiger partial charge in [0.05, 0.1) is 16.4 Å². The van der Waals surface area contributed by atoms with Crippen LogP contribution in [0.25, 0.3) is 0 Å². The Labute approximate surface area is 189 Å². The van der Waals surface area contributed by atoms with Crippen molar-refractivity contribution < 1.29 is 9.72 Å². The number of halogens is 1. The van der Waals surface area contributed by atoms with Gasteiger partial charge in [-0.1, -0.05) is 52.0 Å². The van der Waals surface area contributed by atoms with Crippen molar-refractivity contribution in [2.24, 2.45) is 5.10 Å². The highest BCUT2D eigenvalue weighted by atomic mass is 79.9. The van der Waals surface area contributed by atoms with Crippen LogP contribution in [0.2, 0.25) is 0 Å². The molecule has 0 unspecified atom stereocenters. The molecule has 13 heteroatoms. The van der Waals surface area contributed by atoms with Crippen LogP contribution in [0, 0.1) is 10.1 Å². The van der Waals surface area contributed by atoms with Crippen LogP contribution in [-0.4, -0.2) is 37.2 Å². The van der Waals surface area contributed by atoms with Crippen LogP contribution < -0.4 is 16.6 Å². The summed E-state index contributed by atoms with van der Waals surface area (Å²) in [7, 11) is 0.